The van der Waals surface area contributed by atoms with Crippen LogP contribution in [0.25, 0.3) is 0 Å². The second-order valence-electron chi connectivity index (χ2n) is 6.17. The van der Waals surface area contributed by atoms with Gasteiger partial charge in [-0.2, -0.15) is 0 Å². The molecule has 26 heavy (non-hydrogen) atoms. The summed E-state index contributed by atoms with van der Waals surface area (Å²) in [6, 6.07) is 10.1. The van der Waals surface area contributed by atoms with Gasteiger partial charge in [0.05, 0.1) is 5.56 Å². The largest absolute Gasteiger partial charge is 0.356 e. The van der Waals surface area contributed by atoms with Crippen LogP contribution in [0.5, 0.6) is 0 Å². The van der Waals surface area contributed by atoms with Crippen molar-refractivity contribution in [3.8, 4) is 0 Å². The average Bonchev–Trinajstić information content (AvgIpc) is 2.63. The normalized spacial score (nSPS) is 11.1. The van der Waals surface area contributed by atoms with E-state index in [4.69, 9.17) is 0 Å². The summed E-state index contributed by atoms with van der Waals surface area (Å²) in [5.41, 5.74) is 4.44. The Morgan fingerprint density at radius 2 is 1.73 bits per heavy atom. The molecule has 0 aliphatic rings. The highest BCUT2D eigenvalue weighted by Crippen LogP contribution is 2.08. The molecule has 0 aliphatic carbocycles. The SMILES string of the molecule is CN=C(NCCNC(=O)c1cccnc1)NCCc1cc(C)cc(C)c1. The predicted octanol–water partition coefficient (Wildman–Crippen LogP) is 1.84. The lowest BCUT2D eigenvalue weighted by molar-refractivity contribution is 0.0954. The molecular formula is C20H27N5O. The maximum absolute atomic E-state index is 11.9. The van der Waals surface area contributed by atoms with Gasteiger partial charge < -0.3 is 16.0 Å². The van der Waals surface area contributed by atoms with Crippen LogP contribution >= 0.6 is 0 Å². The van der Waals surface area contributed by atoms with Crippen LogP contribution in [0.3, 0.4) is 0 Å². The number of carbonyl (C=O) groups excluding carboxylic acids is 1. The number of benzene rings is 1. The third-order valence-corrected chi connectivity index (χ3v) is 3.84. The predicted molar refractivity (Wildman–Crippen MR) is 106 cm³/mol. The van der Waals surface area contributed by atoms with Crippen molar-refractivity contribution in [1.82, 2.24) is 20.9 Å². The molecule has 0 fully saturated rings. The molecule has 2 rings (SSSR count). The van der Waals surface area contributed by atoms with Crippen LogP contribution in [0.2, 0.25) is 0 Å². The van der Waals surface area contributed by atoms with Gasteiger partial charge in [-0.3, -0.25) is 14.8 Å². The lowest BCUT2D eigenvalue weighted by Gasteiger charge is -2.13. The zero-order valence-electron chi connectivity index (χ0n) is 15.7. The Balaban J connectivity index is 1.67. The van der Waals surface area contributed by atoms with Crippen LogP contribution < -0.4 is 16.0 Å². The van der Waals surface area contributed by atoms with E-state index in [1.807, 2.05) is 0 Å². The van der Waals surface area contributed by atoms with E-state index in [1.165, 1.54) is 16.7 Å². The van der Waals surface area contributed by atoms with Gasteiger partial charge in [-0.05, 0) is 38.0 Å². The first-order valence-electron chi connectivity index (χ1n) is 8.78. The smallest absolute Gasteiger partial charge is 0.252 e. The van der Waals surface area contributed by atoms with Gasteiger partial charge in [0, 0.05) is 39.1 Å². The van der Waals surface area contributed by atoms with Gasteiger partial charge in [-0.1, -0.05) is 29.3 Å². The van der Waals surface area contributed by atoms with Crippen LogP contribution in [-0.4, -0.2) is 43.5 Å². The lowest BCUT2D eigenvalue weighted by atomic mass is 10.1. The molecule has 3 N–H and O–H groups in total. The molecule has 2 aromatic rings. The van der Waals surface area contributed by atoms with E-state index in [9.17, 15) is 4.79 Å². The quantitative estimate of drug-likeness (QED) is 0.403. The summed E-state index contributed by atoms with van der Waals surface area (Å²) in [6.45, 7) is 6.12. The van der Waals surface area contributed by atoms with E-state index in [1.54, 1.807) is 31.6 Å². The van der Waals surface area contributed by atoms with Gasteiger partial charge in [0.25, 0.3) is 5.91 Å². The minimum Gasteiger partial charge on any atom is -0.356 e. The molecule has 1 aromatic heterocycles. The van der Waals surface area contributed by atoms with Crippen LogP contribution in [0.15, 0.2) is 47.7 Å². The third kappa shape index (κ3) is 6.55. The summed E-state index contributed by atoms with van der Waals surface area (Å²) in [4.78, 5) is 20.1. The van der Waals surface area contributed by atoms with Gasteiger partial charge in [-0.15, -0.1) is 0 Å². The molecular weight excluding hydrogens is 326 g/mol. The molecule has 0 saturated carbocycles. The minimum atomic E-state index is -0.127. The van der Waals surface area contributed by atoms with Gasteiger partial charge >= 0.3 is 0 Å². The standard InChI is InChI=1S/C20H27N5O/c1-15-11-16(2)13-17(12-15)6-8-24-20(21-3)25-10-9-23-19(26)18-5-4-7-22-14-18/h4-5,7,11-14H,6,8-10H2,1-3H3,(H,23,26)(H2,21,24,25). The molecule has 138 valence electrons. The number of rotatable bonds is 7. The van der Waals surface area contributed by atoms with Gasteiger partial charge in [0.2, 0.25) is 0 Å². The van der Waals surface area contributed by atoms with Crippen LogP contribution in [-0.2, 0) is 6.42 Å². The number of aliphatic imine (C=N–C) groups is 1. The average molecular weight is 353 g/mol. The van der Waals surface area contributed by atoms with Crippen molar-refractivity contribution >= 4 is 11.9 Å². The van der Waals surface area contributed by atoms with Crippen molar-refractivity contribution in [3.05, 3.63) is 65.0 Å². The number of carbonyl (C=O) groups is 1. The fraction of sp³-hybridized carbons (Fsp3) is 0.350. The number of aryl methyl sites for hydroxylation is 2. The monoisotopic (exact) mass is 353 g/mol. The van der Waals surface area contributed by atoms with E-state index >= 15 is 0 Å². The second kappa shape index (κ2) is 10.2. The molecule has 0 saturated heterocycles. The number of nitrogens with one attached hydrogen (secondary N) is 3. The first-order valence-corrected chi connectivity index (χ1v) is 8.78. The zero-order valence-corrected chi connectivity index (χ0v) is 15.7. The number of hydrogen-bond acceptors (Lipinski definition) is 3. The second-order valence-corrected chi connectivity index (χ2v) is 6.17. The molecule has 0 spiro atoms. The summed E-state index contributed by atoms with van der Waals surface area (Å²) in [5.74, 6) is 0.600. The Bertz CT molecular complexity index is 723. The summed E-state index contributed by atoms with van der Waals surface area (Å²) in [6.07, 6.45) is 4.13. The maximum Gasteiger partial charge on any atom is 0.252 e. The number of amides is 1. The van der Waals surface area contributed by atoms with Gasteiger partial charge in [0.1, 0.15) is 0 Å². The summed E-state index contributed by atoms with van der Waals surface area (Å²) < 4.78 is 0. The summed E-state index contributed by atoms with van der Waals surface area (Å²) >= 11 is 0. The van der Waals surface area contributed by atoms with E-state index in [2.05, 4.69) is 58.0 Å². The number of hydrogen-bond donors (Lipinski definition) is 3. The molecule has 6 heteroatoms. The number of pyridine rings is 1. The fourth-order valence-corrected chi connectivity index (χ4v) is 2.72. The summed E-state index contributed by atoms with van der Waals surface area (Å²) in [7, 11) is 1.74. The number of guanidine groups is 1. The number of aromatic nitrogens is 1. The van der Waals surface area contributed by atoms with Crippen molar-refractivity contribution in [2.45, 2.75) is 20.3 Å². The molecule has 0 unspecified atom stereocenters. The first kappa shape index (κ1) is 19.4. The number of nitrogens with zero attached hydrogens (tertiary/aromatic N) is 2. The molecule has 1 aromatic carbocycles. The van der Waals surface area contributed by atoms with Crippen LogP contribution in [0.4, 0.5) is 0 Å². The first-order chi connectivity index (χ1) is 12.6. The lowest BCUT2D eigenvalue weighted by Crippen LogP contribution is -2.42. The molecule has 1 heterocycles. The highest BCUT2D eigenvalue weighted by molar-refractivity contribution is 5.93. The van der Waals surface area contributed by atoms with Crippen LogP contribution in [0.1, 0.15) is 27.0 Å². The van der Waals surface area contributed by atoms with E-state index in [-0.39, 0.29) is 5.91 Å². The van der Waals surface area contributed by atoms with Crippen molar-refractivity contribution in [2.24, 2.45) is 4.99 Å². The Labute approximate surface area is 155 Å². The fourth-order valence-electron chi connectivity index (χ4n) is 2.72. The maximum atomic E-state index is 11.9. The van der Waals surface area contributed by atoms with Gasteiger partial charge in [0.15, 0.2) is 5.96 Å². The Morgan fingerprint density at radius 3 is 2.38 bits per heavy atom. The Morgan fingerprint density at radius 1 is 1.04 bits per heavy atom. The Hall–Kier alpha value is -2.89. The van der Waals surface area contributed by atoms with Crippen molar-refractivity contribution in [1.29, 1.82) is 0 Å². The van der Waals surface area contributed by atoms with E-state index < -0.39 is 0 Å². The van der Waals surface area contributed by atoms with Gasteiger partial charge in [-0.25, -0.2) is 0 Å². The molecule has 6 nitrogen and oxygen atoms in total. The zero-order chi connectivity index (χ0) is 18.8. The molecule has 1 amide bonds. The molecule has 0 aliphatic heterocycles. The van der Waals surface area contributed by atoms with E-state index in [0.29, 0.717) is 18.7 Å². The molecule has 0 bridgehead atoms. The van der Waals surface area contributed by atoms with Crippen molar-refractivity contribution in [2.75, 3.05) is 26.7 Å². The van der Waals surface area contributed by atoms with Crippen molar-refractivity contribution < 1.29 is 4.79 Å². The highest BCUT2D eigenvalue weighted by Gasteiger charge is 2.04. The Kier molecular flexibility index (Phi) is 7.61. The summed E-state index contributed by atoms with van der Waals surface area (Å²) in [5, 5.41) is 9.34. The topological polar surface area (TPSA) is 78.4 Å². The third-order valence-electron chi connectivity index (χ3n) is 3.84. The van der Waals surface area contributed by atoms with Crippen molar-refractivity contribution in [3.63, 3.8) is 0 Å². The molecule has 0 atom stereocenters. The minimum absolute atomic E-state index is 0.127. The molecule has 0 radical (unpaired) electrons. The van der Waals surface area contributed by atoms with E-state index in [0.717, 1.165) is 18.9 Å². The highest BCUT2D eigenvalue weighted by atomic mass is 16.1. The van der Waals surface area contributed by atoms with Crippen LogP contribution in [0, 0.1) is 13.8 Å².